The Labute approximate surface area is 478 Å². The van der Waals surface area contributed by atoms with E-state index in [2.05, 4.69) is 81.5 Å². The molecule has 0 rings (SSSR count). The SMILES string of the molecule is CC/C=C\C/C=C\C/C=C\C/C=C\C/C=C\CCCCCC(=O)OC(COC(=O)CCCCCCCCCCCCCCC)COP(=O)(O)OCC(CO)OC(=O)CCCCCCCCCCCCCCCCCCCCC. The second-order valence-corrected chi connectivity index (χ2v) is 23.0. The average Bonchev–Trinajstić information content (AvgIpc) is 3.43. The largest absolute Gasteiger partial charge is 0.472 e. The fourth-order valence-corrected chi connectivity index (χ4v) is 9.88. The quantitative estimate of drug-likeness (QED) is 0.0197. The summed E-state index contributed by atoms with van der Waals surface area (Å²) in [6, 6.07) is 0. The number of unbranched alkanes of at least 4 members (excludes halogenated alkanes) is 33. The molecular weight excluding hydrogens is 1000 g/mol. The van der Waals surface area contributed by atoms with Crippen molar-refractivity contribution >= 4 is 25.7 Å². The lowest BCUT2D eigenvalue weighted by molar-refractivity contribution is -0.161. The molecule has 0 bridgehead atoms. The lowest BCUT2D eigenvalue weighted by atomic mass is 10.0. The summed E-state index contributed by atoms with van der Waals surface area (Å²) >= 11 is 0. The number of carbonyl (C=O) groups excluding carboxylic acids is 3. The summed E-state index contributed by atoms with van der Waals surface area (Å²) < 4.78 is 39.6. The van der Waals surface area contributed by atoms with Crippen molar-refractivity contribution in [2.45, 2.75) is 315 Å². The minimum atomic E-state index is -4.76. The zero-order valence-electron chi connectivity index (χ0n) is 50.4. The van der Waals surface area contributed by atoms with Gasteiger partial charge < -0.3 is 24.2 Å². The number of hydrogen-bond donors (Lipinski definition) is 2. The van der Waals surface area contributed by atoms with E-state index >= 15 is 0 Å². The van der Waals surface area contributed by atoms with Gasteiger partial charge in [-0.15, -0.1) is 0 Å². The van der Waals surface area contributed by atoms with E-state index in [4.69, 9.17) is 23.3 Å². The summed E-state index contributed by atoms with van der Waals surface area (Å²) in [6.45, 7) is 4.55. The minimum Gasteiger partial charge on any atom is -0.462 e. The monoisotopic (exact) mass is 1120 g/mol. The molecule has 0 aromatic rings. The fourth-order valence-electron chi connectivity index (χ4n) is 9.09. The molecule has 454 valence electrons. The van der Waals surface area contributed by atoms with Gasteiger partial charge >= 0.3 is 25.7 Å². The van der Waals surface area contributed by atoms with Gasteiger partial charge in [0.1, 0.15) is 12.7 Å². The van der Waals surface area contributed by atoms with E-state index in [1.165, 1.54) is 154 Å². The maximum absolute atomic E-state index is 12.9. The molecule has 0 aliphatic rings. The predicted molar refractivity (Wildman–Crippen MR) is 325 cm³/mol. The molecule has 0 fully saturated rings. The van der Waals surface area contributed by atoms with Crippen LogP contribution in [0.25, 0.3) is 0 Å². The minimum absolute atomic E-state index is 0.130. The fraction of sp³-hybridized carbons (Fsp3) is 0.803. The number of phosphoric acid groups is 1. The zero-order valence-corrected chi connectivity index (χ0v) is 51.3. The number of allylic oxidation sites excluding steroid dienone is 10. The Kier molecular flexibility index (Phi) is 58.1. The van der Waals surface area contributed by atoms with Crippen LogP contribution in [0.3, 0.4) is 0 Å². The summed E-state index contributed by atoms with van der Waals surface area (Å²) in [7, 11) is -4.76. The molecule has 0 saturated carbocycles. The number of esters is 3. The molecule has 0 saturated heterocycles. The normalized spacial score (nSPS) is 13.7. The summed E-state index contributed by atoms with van der Waals surface area (Å²) in [5.74, 6) is -1.48. The predicted octanol–water partition coefficient (Wildman–Crippen LogP) is 19.5. The van der Waals surface area contributed by atoms with Crippen molar-refractivity contribution in [3.63, 3.8) is 0 Å². The molecule has 12 heteroatoms. The molecule has 0 amide bonds. The first kappa shape index (κ1) is 75.2. The third-order valence-corrected chi connectivity index (χ3v) is 14.9. The van der Waals surface area contributed by atoms with E-state index in [1.54, 1.807) is 0 Å². The Morgan fingerprint density at radius 2 is 0.667 bits per heavy atom. The van der Waals surface area contributed by atoms with Gasteiger partial charge in [0.15, 0.2) is 6.10 Å². The van der Waals surface area contributed by atoms with Gasteiger partial charge in [0, 0.05) is 19.3 Å². The smallest absolute Gasteiger partial charge is 0.462 e. The zero-order chi connectivity index (χ0) is 56.9. The number of phosphoric ester groups is 1. The van der Waals surface area contributed by atoms with Crippen LogP contribution in [0.4, 0.5) is 0 Å². The van der Waals surface area contributed by atoms with Crippen molar-refractivity contribution in [2.24, 2.45) is 0 Å². The summed E-state index contributed by atoms with van der Waals surface area (Å²) in [5, 5.41) is 9.86. The van der Waals surface area contributed by atoms with Crippen molar-refractivity contribution in [3.05, 3.63) is 60.8 Å². The first-order valence-corrected chi connectivity index (χ1v) is 33.7. The molecule has 78 heavy (non-hydrogen) atoms. The van der Waals surface area contributed by atoms with Crippen molar-refractivity contribution < 1.29 is 52.2 Å². The number of aliphatic hydroxyl groups excluding tert-OH is 1. The number of aliphatic hydroxyl groups is 1. The van der Waals surface area contributed by atoms with Gasteiger partial charge in [0.25, 0.3) is 0 Å². The lowest BCUT2D eigenvalue weighted by Gasteiger charge is -2.21. The van der Waals surface area contributed by atoms with Crippen molar-refractivity contribution in [3.8, 4) is 0 Å². The maximum atomic E-state index is 12.9. The Hall–Kier alpha value is -2.82. The summed E-state index contributed by atoms with van der Waals surface area (Å²) in [5.41, 5.74) is 0. The highest BCUT2D eigenvalue weighted by Crippen LogP contribution is 2.43. The second-order valence-electron chi connectivity index (χ2n) is 21.6. The molecule has 2 N–H and O–H groups in total. The van der Waals surface area contributed by atoms with Gasteiger partial charge in [-0.1, -0.05) is 281 Å². The highest BCUT2D eigenvalue weighted by molar-refractivity contribution is 7.47. The molecule has 0 aliphatic heterocycles. The number of rotatable bonds is 60. The highest BCUT2D eigenvalue weighted by atomic mass is 31.2. The van der Waals surface area contributed by atoms with Crippen LogP contribution in [-0.4, -0.2) is 66.5 Å². The summed E-state index contributed by atoms with van der Waals surface area (Å²) in [4.78, 5) is 48.7. The van der Waals surface area contributed by atoms with Crippen LogP contribution < -0.4 is 0 Å². The molecular formula is C66H119O11P. The van der Waals surface area contributed by atoms with Gasteiger partial charge in [0.05, 0.1) is 19.8 Å². The van der Waals surface area contributed by atoms with Crippen LogP contribution in [-0.2, 0) is 42.2 Å². The number of hydrogen-bond acceptors (Lipinski definition) is 10. The summed E-state index contributed by atoms with van der Waals surface area (Å²) in [6.07, 6.45) is 67.5. The molecule has 11 nitrogen and oxygen atoms in total. The molecule has 0 spiro atoms. The number of ether oxygens (including phenoxy) is 3. The average molecular weight is 1120 g/mol. The van der Waals surface area contributed by atoms with Crippen molar-refractivity contribution in [1.29, 1.82) is 0 Å². The molecule has 0 heterocycles. The van der Waals surface area contributed by atoms with E-state index in [9.17, 15) is 28.9 Å². The van der Waals surface area contributed by atoms with Crippen LogP contribution >= 0.6 is 7.82 Å². The van der Waals surface area contributed by atoms with Crippen molar-refractivity contribution in [1.82, 2.24) is 0 Å². The van der Waals surface area contributed by atoms with E-state index < -0.39 is 57.8 Å². The lowest BCUT2D eigenvalue weighted by Crippen LogP contribution is -2.30. The van der Waals surface area contributed by atoms with Crippen LogP contribution in [0.2, 0.25) is 0 Å². The Balaban J connectivity index is 4.67. The van der Waals surface area contributed by atoms with Crippen LogP contribution in [0.5, 0.6) is 0 Å². The van der Waals surface area contributed by atoms with Crippen LogP contribution in [0, 0.1) is 0 Å². The molecule has 0 radical (unpaired) electrons. The third kappa shape index (κ3) is 57.9. The van der Waals surface area contributed by atoms with Gasteiger partial charge in [-0.05, 0) is 64.2 Å². The maximum Gasteiger partial charge on any atom is 0.472 e. The number of carbonyl (C=O) groups is 3. The standard InChI is InChI=1S/C66H119O11P/c1-4-7-10-13-16-19-22-25-27-29-31-33-35-38-41-44-47-50-53-56-65(69)76-62(58-67)60-74-78(71,72)75-61-63(59-73-64(68)55-52-49-46-43-40-37-24-21-18-15-12-9-6-3)77-66(70)57-54-51-48-45-42-39-36-34-32-30-28-26-23-20-17-14-11-8-5-2/h8,11,17,20,26,28,32,34,39,42,62-63,67H,4-7,9-10,12-16,18-19,21-25,27,29-31,33,35-38,40-41,43-61H2,1-3H3,(H,71,72)/b11-8-,20-17-,28-26-,34-32-,42-39-. The highest BCUT2D eigenvalue weighted by Gasteiger charge is 2.28. The first-order chi connectivity index (χ1) is 38.2. The van der Waals surface area contributed by atoms with E-state index in [0.29, 0.717) is 19.3 Å². The van der Waals surface area contributed by atoms with Gasteiger partial charge in [-0.25, -0.2) is 4.57 Å². The van der Waals surface area contributed by atoms with Crippen molar-refractivity contribution in [2.75, 3.05) is 26.4 Å². The van der Waals surface area contributed by atoms with Gasteiger partial charge in [-0.2, -0.15) is 0 Å². The molecule has 3 unspecified atom stereocenters. The Bertz CT molecular complexity index is 1540. The van der Waals surface area contributed by atoms with Crippen LogP contribution in [0.15, 0.2) is 60.8 Å². The topological polar surface area (TPSA) is 155 Å². The molecule has 3 atom stereocenters. The molecule has 0 aromatic heterocycles. The molecule has 0 aromatic carbocycles. The Morgan fingerprint density at radius 1 is 0.372 bits per heavy atom. The van der Waals surface area contributed by atoms with E-state index in [-0.39, 0.29) is 25.9 Å². The van der Waals surface area contributed by atoms with E-state index in [0.717, 1.165) is 89.9 Å². The third-order valence-electron chi connectivity index (χ3n) is 14.0. The molecule has 0 aliphatic carbocycles. The van der Waals surface area contributed by atoms with Crippen LogP contribution in [0.1, 0.15) is 303 Å². The van der Waals surface area contributed by atoms with Gasteiger partial charge in [0.2, 0.25) is 0 Å². The first-order valence-electron chi connectivity index (χ1n) is 32.2. The van der Waals surface area contributed by atoms with E-state index in [1.807, 2.05) is 0 Å². The Morgan fingerprint density at radius 3 is 1.03 bits per heavy atom. The second kappa shape index (κ2) is 60.3. The van der Waals surface area contributed by atoms with Gasteiger partial charge in [-0.3, -0.25) is 23.4 Å².